The lowest BCUT2D eigenvalue weighted by molar-refractivity contribution is -0.143. The number of nitriles is 2. The second-order valence-corrected chi connectivity index (χ2v) is 6.92. The van der Waals surface area contributed by atoms with E-state index in [1.165, 1.54) is 0 Å². The number of aliphatic carboxylic acids is 2. The van der Waals surface area contributed by atoms with Crippen molar-refractivity contribution in [1.29, 1.82) is 10.5 Å². The second-order valence-electron chi connectivity index (χ2n) is 6.92. The van der Waals surface area contributed by atoms with Gasteiger partial charge in [0.05, 0.1) is 24.0 Å². The molecule has 0 radical (unpaired) electrons. The summed E-state index contributed by atoms with van der Waals surface area (Å²) < 4.78 is 0. The van der Waals surface area contributed by atoms with Gasteiger partial charge in [0.25, 0.3) is 0 Å². The fourth-order valence-electron chi connectivity index (χ4n) is 2.94. The Hall–Kier alpha value is -2.16. The number of aliphatic hydroxyl groups excluding tert-OH is 1. The molecule has 0 aliphatic heterocycles. The Labute approximate surface area is 160 Å². The zero-order valence-electron chi connectivity index (χ0n) is 15.8. The van der Waals surface area contributed by atoms with Crippen LogP contribution in [-0.4, -0.2) is 38.7 Å². The minimum Gasteiger partial charge on any atom is -0.481 e. The number of hydrogen-bond acceptors (Lipinski definition) is 6. The molecule has 2 fully saturated rings. The molecule has 2 rings (SSSR count). The third kappa shape index (κ3) is 11.2. The highest BCUT2D eigenvalue weighted by atomic mass is 16.5. The van der Waals surface area contributed by atoms with Crippen LogP contribution in [0.1, 0.15) is 64.7 Å². The molecule has 2 aliphatic carbocycles. The number of rotatable bonds is 3. The second kappa shape index (κ2) is 14.0. The fourth-order valence-corrected chi connectivity index (χ4v) is 2.94. The van der Waals surface area contributed by atoms with Gasteiger partial charge in [-0.25, -0.2) is 0 Å². The van der Waals surface area contributed by atoms with E-state index in [4.69, 9.17) is 30.9 Å². The van der Waals surface area contributed by atoms with Gasteiger partial charge in [-0.2, -0.15) is 10.5 Å². The van der Waals surface area contributed by atoms with Gasteiger partial charge >= 0.3 is 11.9 Å². The highest BCUT2D eigenvalue weighted by Gasteiger charge is 2.26. The molecule has 0 heterocycles. The molecule has 0 aromatic carbocycles. The van der Waals surface area contributed by atoms with Gasteiger partial charge in [-0.15, -0.1) is 0 Å². The summed E-state index contributed by atoms with van der Waals surface area (Å²) in [5.41, 5.74) is 0. The van der Waals surface area contributed by atoms with Gasteiger partial charge in [-0.05, 0) is 57.8 Å². The lowest BCUT2D eigenvalue weighted by Crippen LogP contribution is -2.20. The van der Waals surface area contributed by atoms with Crippen molar-refractivity contribution in [3.05, 3.63) is 0 Å². The minimum absolute atomic E-state index is 0.102. The quantitative estimate of drug-likeness (QED) is 0.541. The zero-order chi connectivity index (χ0) is 20.8. The van der Waals surface area contributed by atoms with Crippen LogP contribution in [0.4, 0.5) is 0 Å². The molecule has 0 bridgehead atoms. The van der Waals surface area contributed by atoms with Gasteiger partial charge in [0.15, 0.2) is 6.29 Å². The van der Waals surface area contributed by atoms with Crippen LogP contribution in [0.3, 0.4) is 0 Å². The predicted molar refractivity (Wildman–Crippen MR) is 95.9 cm³/mol. The maximum absolute atomic E-state index is 10.5. The highest BCUT2D eigenvalue weighted by Crippen LogP contribution is 2.28. The summed E-state index contributed by atoms with van der Waals surface area (Å²) in [6, 6.07) is 4.34. The van der Waals surface area contributed by atoms with E-state index in [0.717, 1.165) is 25.7 Å². The van der Waals surface area contributed by atoms with E-state index in [0.29, 0.717) is 32.1 Å². The average Bonchev–Trinajstić information content (AvgIpc) is 2.68. The Morgan fingerprint density at radius 3 is 1.22 bits per heavy atom. The lowest BCUT2D eigenvalue weighted by atomic mass is 9.83. The van der Waals surface area contributed by atoms with Gasteiger partial charge in [0.2, 0.25) is 0 Å². The van der Waals surface area contributed by atoms with Crippen LogP contribution in [0.25, 0.3) is 0 Å². The summed E-state index contributed by atoms with van der Waals surface area (Å²) >= 11 is 0. The van der Waals surface area contributed by atoms with Gasteiger partial charge in [-0.3, -0.25) is 9.59 Å². The molecule has 27 heavy (non-hydrogen) atoms. The summed E-state index contributed by atoms with van der Waals surface area (Å²) in [5.74, 6) is -1.60. The van der Waals surface area contributed by atoms with Gasteiger partial charge in [-0.1, -0.05) is 6.92 Å². The number of aliphatic hydroxyl groups is 2. The lowest BCUT2D eigenvalue weighted by Gasteiger charge is -2.20. The van der Waals surface area contributed by atoms with E-state index in [1.54, 1.807) is 6.92 Å². The van der Waals surface area contributed by atoms with Crippen LogP contribution in [0.5, 0.6) is 0 Å². The number of nitrogens with zero attached hydrogens (tertiary/aromatic N) is 2. The molecular formula is C19H30N2O6. The molecule has 0 saturated heterocycles. The van der Waals surface area contributed by atoms with Crippen molar-refractivity contribution in [3.8, 4) is 12.1 Å². The van der Waals surface area contributed by atoms with Crippen LogP contribution >= 0.6 is 0 Å². The summed E-state index contributed by atoms with van der Waals surface area (Å²) in [7, 11) is 0. The average molecular weight is 382 g/mol. The SMILES string of the molecule is CCC(O)O.N#C[C@H]1CC[C@H](C(=O)O)CC1.N#C[C@H]1CC[C@H](C(=O)O)CC1. The molecule has 8 heteroatoms. The van der Waals surface area contributed by atoms with Crippen LogP contribution in [0, 0.1) is 46.3 Å². The van der Waals surface area contributed by atoms with Crippen molar-refractivity contribution >= 4 is 11.9 Å². The summed E-state index contributed by atoms with van der Waals surface area (Å²) in [6.45, 7) is 1.70. The van der Waals surface area contributed by atoms with Crippen LogP contribution in [0.15, 0.2) is 0 Å². The molecule has 8 nitrogen and oxygen atoms in total. The van der Waals surface area contributed by atoms with Crippen molar-refractivity contribution in [1.82, 2.24) is 0 Å². The van der Waals surface area contributed by atoms with Gasteiger partial charge in [0.1, 0.15) is 0 Å². The molecule has 0 aromatic rings. The first-order valence-electron chi connectivity index (χ1n) is 9.36. The normalized spacial score (nSPS) is 26.9. The molecule has 2 saturated carbocycles. The number of carbonyl (C=O) groups is 2. The number of hydrogen-bond donors (Lipinski definition) is 4. The Morgan fingerprint density at radius 1 is 0.815 bits per heavy atom. The zero-order valence-corrected chi connectivity index (χ0v) is 15.8. The van der Waals surface area contributed by atoms with E-state index < -0.39 is 18.2 Å². The maximum atomic E-state index is 10.5. The summed E-state index contributed by atoms with van der Waals surface area (Å²) in [6.07, 6.45) is 5.03. The number of carboxylic acid groups (broad SMARTS) is 2. The first-order chi connectivity index (χ1) is 12.7. The standard InChI is InChI=1S/2C8H11NO2.C3H8O2/c2*9-5-6-1-3-7(4-2-6)8(10)11;1-2-3(4)5/h2*6-7H,1-4H2,(H,10,11);3-5H,2H2,1H3/t2*6-,7-;. The molecule has 0 spiro atoms. The molecule has 0 amide bonds. The maximum Gasteiger partial charge on any atom is 0.306 e. The molecule has 0 aromatic heterocycles. The molecule has 0 atom stereocenters. The van der Waals surface area contributed by atoms with Crippen LogP contribution in [0.2, 0.25) is 0 Å². The Morgan fingerprint density at radius 2 is 1.07 bits per heavy atom. The third-order valence-corrected chi connectivity index (χ3v) is 4.88. The largest absolute Gasteiger partial charge is 0.481 e. The minimum atomic E-state index is -1.12. The van der Waals surface area contributed by atoms with Crippen molar-refractivity contribution < 1.29 is 30.0 Å². The topological polar surface area (TPSA) is 163 Å². The smallest absolute Gasteiger partial charge is 0.306 e. The summed E-state index contributed by atoms with van der Waals surface area (Å²) in [4.78, 5) is 20.9. The van der Waals surface area contributed by atoms with Gasteiger partial charge < -0.3 is 20.4 Å². The predicted octanol–water partition coefficient (Wildman–Crippen LogP) is 2.51. The van der Waals surface area contributed by atoms with Crippen molar-refractivity contribution in [2.45, 2.75) is 71.0 Å². The van der Waals surface area contributed by atoms with Crippen molar-refractivity contribution in [3.63, 3.8) is 0 Å². The molecular weight excluding hydrogens is 352 g/mol. The van der Waals surface area contributed by atoms with Crippen molar-refractivity contribution in [2.24, 2.45) is 23.7 Å². The third-order valence-electron chi connectivity index (χ3n) is 4.88. The molecule has 0 unspecified atom stereocenters. The fraction of sp³-hybridized carbons (Fsp3) is 0.789. The molecule has 4 N–H and O–H groups in total. The van der Waals surface area contributed by atoms with E-state index in [9.17, 15) is 9.59 Å². The molecule has 2 aliphatic rings. The van der Waals surface area contributed by atoms with Crippen LogP contribution < -0.4 is 0 Å². The number of carboxylic acids is 2. The Kier molecular flexibility index (Phi) is 12.8. The van der Waals surface area contributed by atoms with Crippen molar-refractivity contribution in [2.75, 3.05) is 0 Å². The summed E-state index contributed by atoms with van der Waals surface area (Å²) in [5, 5.41) is 50.1. The van der Waals surface area contributed by atoms with E-state index >= 15 is 0 Å². The van der Waals surface area contributed by atoms with E-state index in [2.05, 4.69) is 12.1 Å². The molecule has 152 valence electrons. The monoisotopic (exact) mass is 382 g/mol. The van der Waals surface area contributed by atoms with Crippen LogP contribution in [-0.2, 0) is 9.59 Å². The first-order valence-corrected chi connectivity index (χ1v) is 9.36. The Balaban J connectivity index is 0.000000405. The first kappa shape index (κ1) is 24.8. The van der Waals surface area contributed by atoms with E-state index in [1.807, 2.05) is 0 Å². The van der Waals surface area contributed by atoms with E-state index in [-0.39, 0.29) is 23.7 Å². The Bertz CT molecular complexity index is 477. The highest BCUT2D eigenvalue weighted by molar-refractivity contribution is 5.70. The van der Waals surface area contributed by atoms with Gasteiger partial charge in [0, 0.05) is 11.8 Å².